The number of aromatic nitrogens is 1. The maximum Gasteiger partial charge on any atom is 0.107 e. The van der Waals surface area contributed by atoms with Crippen LogP contribution < -0.4 is 5.32 Å². The van der Waals surface area contributed by atoms with Crippen LogP contribution in [0, 0.1) is 5.92 Å². The summed E-state index contributed by atoms with van der Waals surface area (Å²) in [6.07, 6.45) is 2.25. The van der Waals surface area contributed by atoms with Gasteiger partial charge in [-0.15, -0.1) is 11.3 Å². The van der Waals surface area contributed by atoms with Gasteiger partial charge >= 0.3 is 0 Å². The van der Waals surface area contributed by atoms with Crippen molar-refractivity contribution in [2.45, 2.75) is 52.3 Å². The zero-order valence-electron chi connectivity index (χ0n) is 12.8. The average Bonchev–Trinajstić information content (AvgIpc) is 2.85. The van der Waals surface area contributed by atoms with E-state index in [9.17, 15) is 0 Å². The second kappa shape index (κ2) is 7.50. The van der Waals surface area contributed by atoms with Gasteiger partial charge in [-0.3, -0.25) is 0 Å². The molecule has 2 rings (SSSR count). The predicted molar refractivity (Wildman–Crippen MR) is 81.9 cm³/mol. The van der Waals surface area contributed by atoms with Gasteiger partial charge in [-0.1, -0.05) is 0 Å². The van der Waals surface area contributed by atoms with Crippen molar-refractivity contribution in [2.75, 3.05) is 19.8 Å². The van der Waals surface area contributed by atoms with E-state index in [0.29, 0.717) is 12.5 Å². The Bertz CT molecular complexity index is 395. The highest BCUT2D eigenvalue weighted by Gasteiger charge is 2.14. The molecular weight excluding hydrogens is 272 g/mol. The van der Waals surface area contributed by atoms with Gasteiger partial charge in [-0.25, -0.2) is 4.98 Å². The van der Waals surface area contributed by atoms with Crippen LogP contribution in [0.25, 0.3) is 0 Å². The molecule has 0 aliphatic carbocycles. The molecule has 2 heterocycles. The van der Waals surface area contributed by atoms with Gasteiger partial charge in [-0.05, 0) is 39.5 Å². The molecule has 4 nitrogen and oxygen atoms in total. The predicted octanol–water partition coefficient (Wildman–Crippen LogP) is 2.97. The molecule has 5 heteroatoms. The Kier molecular flexibility index (Phi) is 5.96. The fourth-order valence-corrected chi connectivity index (χ4v) is 2.80. The van der Waals surface area contributed by atoms with E-state index in [-0.39, 0.29) is 5.54 Å². The summed E-state index contributed by atoms with van der Waals surface area (Å²) in [6.45, 7) is 10.5. The van der Waals surface area contributed by atoms with Gasteiger partial charge in [0.15, 0.2) is 0 Å². The Morgan fingerprint density at radius 3 is 2.85 bits per heavy atom. The van der Waals surface area contributed by atoms with Crippen molar-refractivity contribution in [1.82, 2.24) is 10.3 Å². The van der Waals surface area contributed by atoms with Crippen LogP contribution in [0.2, 0.25) is 0 Å². The minimum Gasteiger partial charge on any atom is -0.381 e. The zero-order chi connectivity index (χ0) is 14.4. The number of nitrogens with one attached hydrogen (secondary N) is 1. The summed E-state index contributed by atoms with van der Waals surface area (Å²) in [5, 5.41) is 6.68. The first-order chi connectivity index (χ1) is 9.53. The van der Waals surface area contributed by atoms with Gasteiger partial charge in [-0.2, -0.15) is 0 Å². The van der Waals surface area contributed by atoms with Crippen molar-refractivity contribution >= 4 is 11.3 Å². The van der Waals surface area contributed by atoms with Gasteiger partial charge in [0.2, 0.25) is 0 Å². The molecule has 1 N–H and O–H groups in total. The highest BCUT2D eigenvalue weighted by molar-refractivity contribution is 7.09. The van der Waals surface area contributed by atoms with Crippen molar-refractivity contribution in [3.05, 3.63) is 16.1 Å². The minimum absolute atomic E-state index is 0.130. The number of hydrogen-bond donors (Lipinski definition) is 1. The number of nitrogens with zero attached hydrogens (tertiary/aromatic N) is 1. The van der Waals surface area contributed by atoms with Crippen LogP contribution >= 0.6 is 11.3 Å². The number of rotatable bonds is 6. The fraction of sp³-hybridized carbons (Fsp3) is 0.800. The van der Waals surface area contributed by atoms with E-state index in [1.165, 1.54) is 0 Å². The van der Waals surface area contributed by atoms with Crippen LogP contribution in [-0.2, 0) is 22.6 Å². The third kappa shape index (κ3) is 5.87. The maximum absolute atomic E-state index is 5.79. The molecule has 1 saturated heterocycles. The Labute approximate surface area is 125 Å². The lowest BCUT2D eigenvalue weighted by Gasteiger charge is -2.21. The van der Waals surface area contributed by atoms with Gasteiger partial charge in [0, 0.05) is 30.7 Å². The normalized spacial score (nSPS) is 17.6. The number of hydrogen-bond acceptors (Lipinski definition) is 5. The second-order valence-electron chi connectivity index (χ2n) is 6.41. The van der Waals surface area contributed by atoms with Crippen molar-refractivity contribution in [2.24, 2.45) is 5.92 Å². The molecule has 0 unspecified atom stereocenters. The summed E-state index contributed by atoms with van der Waals surface area (Å²) in [6, 6.07) is 0. The van der Waals surface area contributed by atoms with Gasteiger partial charge in [0.25, 0.3) is 0 Å². The molecule has 0 amide bonds. The highest BCUT2D eigenvalue weighted by Crippen LogP contribution is 2.16. The lowest BCUT2D eigenvalue weighted by molar-refractivity contribution is 0.0151. The van der Waals surface area contributed by atoms with E-state index in [1.54, 1.807) is 11.3 Å². The summed E-state index contributed by atoms with van der Waals surface area (Å²) in [7, 11) is 0. The molecule has 1 aromatic heterocycles. The van der Waals surface area contributed by atoms with Gasteiger partial charge < -0.3 is 14.8 Å². The second-order valence-corrected chi connectivity index (χ2v) is 7.35. The van der Waals surface area contributed by atoms with E-state index in [2.05, 4.69) is 36.5 Å². The molecule has 0 radical (unpaired) electrons. The Morgan fingerprint density at radius 1 is 1.40 bits per heavy atom. The molecule has 1 fully saturated rings. The van der Waals surface area contributed by atoms with Crippen LogP contribution in [0.5, 0.6) is 0 Å². The minimum atomic E-state index is 0.130. The molecule has 1 aromatic rings. The first-order valence-corrected chi connectivity index (χ1v) is 8.25. The van der Waals surface area contributed by atoms with E-state index in [4.69, 9.17) is 9.47 Å². The zero-order valence-corrected chi connectivity index (χ0v) is 13.6. The maximum atomic E-state index is 5.79. The standard InChI is InChI=1S/C15H26N2O2S/c1-15(2,3)16-8-14-17-13(11-20-14)10-19-9-12-4-6-18-7-5-12/h11-12,16H,4-10H2,1-3H3. The molecule has 0 aromatic carbocycles. The van der Waals surface area contributed by atoms with Crippen LogP contribution in [0.3, 0.4) is 0 Å². The third-order valence-electron chi connectivity index (χ3n) is 3.31. The van der Waals surface area contributed by atoms with E-state index < -0.39 is 0 Å². The number of ether oxygens (including phenoxy) is 2. The molecule has 0 spiro atoms. The summed E-state index contributed by atoms with van der Waals surface area (Å²) in [5.74, 6) is 0.657. The first-order valence-electron chi connectivity index (χ1n) is 7.37. The van der Waals surface area contributed by atoms with Crippen molar-refractivity contribution in [1.29, 1.82) is 0 Å². The molecule has 114 valence electrons. The quantitative estimate of drug-likeness (QED) is 0.877. The average molecular weight is 298 g/mol. The molecule has 20 heavy (non-hydrogen) atoms. The van der Waals surface area contributed by atoms with E-state index in [0.717, 1.165) is 49.9 Å². The van der Waals surface area contributed by atoms with Crippen LogP contribution in [0.1, 0.15) is 44.3 Å². The third-order valence-corrected chi connectivity index (χ3v) is 4.21. The van der Waals surface area contributed by atoms with E-state index >= 15 is 0 Å². The monoisotopic (exact) mass is 298 g/mol. The Balaban J connectivity index is 1.67. The molecule has 0 saturated carbocycles. The highest BCUT2D eigenvalue weighted by atomic mass is 32.1. The molecule has 1 aliphatic rings. The Morgan fingerprint density at radius 2 is 2.15 bits per heavy atom. The largest absolute Gasteiger partial charge is 0.381 e. The first kappa shape index (κ1) is 15.9. The Hall–Kier alpha value is -0.490. The lowest BCUT2D eigenvalue weighted by atomic mass is 10.0. The van der Waals surface area contributed by atoms with Crippen LogP contribution in [0.4, 0.5) is 0 Å². The van der Waals surface area contributed by atoms with Crippen molar-refractivity contribution in [3.8, 4) is 0 Å². The molecular formula is C15H26N2O2S. The number of thiazole rings is 1. The summed E-state index contributed by atoms with van der Waals surface area (Å²) in [5.41, 5.74) is 1.18. The topological polar surface area (TPSA) is 43.4 Å². The SMILES string of the molecule is CC(C)(C)NCc1nc(COCC2CCOCC2)cs1. The van der Waals surface area contributed by atoms with Crippen LogP contribution in [-0.4, -0.2) is 30.3 Å². The summed E-state index contributed by atoms with van der Waals surface area (Å²) in [4.78, 5) is 4.60. The molecule has 0 atom stereocenters. The van der Waals surface area contributed by atoms with Gasteiger partial charge in [0.1, 0.15) is 5.01 Å². The van der Waals surface area contributed by atoms with Crippen LogP contribution in [0.15, 0.2) is 5.38 Å². The molecule has 0 bridgehead atoms. The summed E-state index contributed by atoms with van der Waals surface area (Å²) >= 11 is 1.70. The molecule has 1 aliphatic heterocycles. The van der Waals surface area contributed by atoms with Crippen molar-refractivity contribution < 1.29 is 9.47 Å². The lowest BCUT2D eigenvalue weighted by Crippen LogP contribution is -2.35. The van der Waals surface area contributed by atoms with E-state index in [1.807, 2.05) is 0 Å². The van der Waals surface area contributed by atoms with Crippen molar-refractivity contribution in [3.63, 3.8) is 0 Å². The van der Waals surface area contributed by atoms with Gasteiger partial charge in [0.05, 0.1) is 18.9 Å². The smallest absolute Gasteiger partial charge is 0.107 e. The summed E-state index contributed by atoms with van der Waals surface area (Å²) < 4.78 is 11.1. The fourth-order valence-electron chi connectivity index (χ4n) is 2.08.